The van der Waals surface area contributed by atoms with E-state index in [1.54, 1.807) is 0 Å². The molecule has 20 heavy (non-hydrogen) atoms. The van der Waals surface area contributed by atoms with Crippen LogP contribution in [0.2, 0.25) is 5.28 Å². The number of nitrogens with zero attached hydrogens (tertiary/aromatic N) is 4. The lowest BCUT2D eigenvalue weighted by molar-refractivity contribution is 0.357. The molecular formula is C14H22ClN5. The first kappa shape index (κ1) is 13.9. The van der Waals surface area contributed by atoms with E-state index in [1.807, 2.05) is 0 Å². The molecule has 0 amide bonds. The average molecular weight is 296 g/mol. The molecule has 2 atom stereocenters. The maximum atomic E-state index is 6.05. The summed E-state index contributed by atoms with van der Waals surface area (Å²) in [5.74, 6) is 2.12. The highest BCUT2D eigenvalue weighted by atomic mass is 35.5. The van der Waals surface area contributed by atoms with Gasteiger partial charge in [-0.05, 0) is 43.2 Å². The van der Waals surface area contributed by atoms with E-state index in [-0.39, 0.29) is 5.28 Å². The quantitative estimate of drug-likeness (QED) is 0.928. The van der Waals surface area contributed by atoms with Crippen LogP contribution >= 0.6 is 11.6 Å². The third kappa shape index (κ3) is 3.32. The molecule has 2 fully saturated rings. The smallest absolute Gasteiger partial charge is 0.231 e. The fraction of sp³-hybridized carbons (Fsp3) is 0.786. The van der Waals surface area contributed by atoms with Gasteiger partial charge >= 0.3 is 0 Å². The molecule has 1 aromatic rings. The lowest BCUT2D eigenvalue weighted by Gasteiger charge is -2.27. The molecule has 1 aliphatic heterocycles. The second kappa shape index (κ2) is 6.12. The Morgan fingerprint density at radius 1 is 1.10 bits per heavy atom. The molecule has 0 bridgehead atoms. The van der Waals surface area contributed by atoms with Gasteiger partial charge in [0, 0.05) is 19.1 Å². The Morgan fingerprint density at radius 2 is 1.90 bits per heavy atom. The van der Waals surface area contributed by atoms with Gasteiger partial charge in [0.05, 0.1) is 0 Å². The van der Waals surface area contributed by atoms with E-state index in [0.717, 1.165) is 19.0 Å². The van der Waals surface area contributed by atoms with Crippen molar-refractivity contribution in [2.45, 2.75) is 51.5 Å². The summed E-state index contributed by atoms with van der Waals surface area (Å²) in [6.07, 6.45) is 7.37. The van der Waals surface area contributed by atoms with Crippen molar-refractivity contribution in [3.05, 3.63) is 5.28 Å². The van der Waals surface area contributed by atoms with Crippen LogP contribution in [0.15, 0.2) is 0 Å². The molecule has 3 rings (SSSR count). The van der Waals surface area contributed by atoms with E-state index in [9.17, 15) is 0 Å². The van der Waals surface area contributed by atoms with Gasteiger partial charge in [0.1, 0.15) is 0 Å². The molecule has 2 unspecified atom stereocenters. The van der Waals surface area contributed by atoms with Gasteiger partial charge in [0.2, 0.25) is 17.2 Å². The molecular weight excluding hydrogens is 274 g/mol. The number of anilines is 2. The second-order valence-electron chi connectivity index (χ2n) is 6.04. The molecule has 110 valence electrons. The molecule has 2 heterocycles. The monoisotopic (exact) mass is 295 g/mol. The Morgan fingerprint density at radius 3 is 2.65 bits per heavy atom. The van der Waals surface area contributed by atoms with Crippen LogP contribution in [0, 0.1) is 5.92 Å². The lowest BCUT2D eigenvalue weighted by atomic mass is 9.87. The van der Waals surface area contributed by atoms with Gasteiger partial charge in [-0.3, -0.25) is 0 Å². The van der Waals surface area contributed by atoms with Crippen LogP contribution in [0.25, 0.3) is 0 Å². The molecule has 1 saturated carbocycles. The first-order valence-electron chi connectivity index (χ1n) is 7.64. The molecule has 5 nitrogen and oxygen atoms in total. The van der Waals surface area contributed by atoms with Gasteiger partial charge in [0.15, 0.2) is 0 Å². The fourth-order valence-corrected chi connectivity index (χ4v) is 3.37. The van der Waals surface area contributed by atoms with Crippen LogP contribution in [0.4, 0.5) is 11.9 Å². The topological polar surface area (TPSA) is 53.9 Å². The number of nitrogens with one attached hydrogen (secondary N) is 1. The minimum Gasteiger partial charge on any atom is -0.351 e. The predicted molar refractivity (Wildman–Crippen MR) is 81.3 cm³/mol. The van der Waals surface area contributed by atoms with Crippen molar-refractivity contribution in [2.24, 2.45) is 5.92 Å². The van der Waals surface area contributed by atoms with E-state index in [1.165, 1.54) is 38.5 Å². The third-order valence-electron chi connectivity index (χ3n) is 4.25. The molecule has 2 aliphatic rings. The molecule has 1 aliphatic carbocycles. The lowest BCUT2D eigenvalue weighted by Crippen LogP contribution is -2.28. The Balaban J connectivity index is 1.72. The largest absolute Gasteiger partial charge is 0.351 e. The van der Waals surface area contributed by atoms with E-state index in [2.05, 4.69) is 32.1 Å². The van der Waals surface area contributed by atoms with E-state index in [4.69, 9.17) is 11.6 Å². The first-order chi connectivity index (χ1) is 9.70. The van der Waals surface area contributed by atoms with Gasteiger partial charge in [-0.1, -0.05) is 19.8 Å². The van der Waals surface area contributed by atoms with Crippen molar-refractivity contribution in [1.29, 1.82) is 0 Å². The van der Waals surface area contributed by atoms with Crippen LogP contribution in [0.1, 0.15) is 45.4 Å². The van der Waals surface area contributed by atoms with Gasteiger partial charge in [-0.15, -0.1) is 0 Å². The summed E-state index contributed by atoms with van der Waals surface area (Å²) in [5, 5.41) is 3.73. The zero-order chi connectivity index (χ0) is 13.9. The number of aromatic nitrogens is 3. The van der Waals surface area contributed by atoms with Crippen molar-refractivity contribution >= 4 is 23.5 Å². The van der Waals surface area contributed by atoms with Crippen LogP contribution in [-0.4, -0.2) is 34.1 Å². The first-order valence-corrected chi connectivity index (χ1v) is 8.01. The normalized spacial score (nSPS) is 26.8. The van der Waals surface area contributed by atoms with Crippen molar-refractivity contribution in [3.8, 4) is 0 Å². The maximum Gasteiger partial charge on any atom is 0.231 e. The summed E-state index contributed by atoms with van der Waals surface area (Å²) >= 11 is 6.05. The number of halogens is 1. The molecule has 0 radical (unpaired) electrons. The molecule has 0 aromatic carbocycles. The van der Waals surface area contributed by atoms with E-state index in [0.29, 0.717) is 17.9 Å². The number of hydrogen-bond acceptors (Lipinski definition) is 5. The molecule has 6 heteroatoms. The minimum absolute atomic E-state index is 0.285. The Bertz CT molecular complexity index is 461. The predicted octanol–water partition coefficient (Wildman–Crippen LogP) is 3.12. The highest BCUT2D eigenvalue weighted by molar-refractivity contribution is 6.28. The summed E-state index contributed by atoms with van der Waals surface area (Å²) < 4.78 is 0. The highest BCUT2D eigenvalue weighted by Crippen LogP contribution is 2.26. The third-order valence-corrected chi connectivity index (χ3v) is 4.42. The Hall–Kier alpha value is -1.10. The molecule has 1 aromatic heterocycles. The SMILES string of the molecule is CC1CCCC(Nc2nc(Cl)nc(N3CCCC3)n2)C1. The fourth-order valence-electron chi connectivity index (χ4n) is 3.21. The summed E-state index contributed by atoms with van der Waals surface area (Å²) in [7, 11) is 0. The van der Waals surface area contributed by atoms with Crippen LogP contribution in [0.5, 0.6) is 0 Å². The summed E-state index contributed by atoms with van der Waals surface area (Å²) in [6.45, 7) is 4.34. The van der Waals surface area contributed by atoms with Crippen LogP contribution in [-0.2, 0) is 0 Å². The minimum atomic E-state index is 0.285. The van der Waals surface area contributed by atoms with Crippen molar-refractivity contribution in [2.75, 3.05) is 23.3 Å². The van der Waals surface area contributed by atoms with Crippen molar-refractivity contribution in [3.63, 3.8) is 0 Å². The van der Waals surface area contributed by atoms with Gasteiger partial charge in [0.25, 0.3) is 0 Å². The van der Waals surface area contributed by atoms with Gasteiger partial charge < -0.3 is 10.2 Å². The zero-order valence-corrected chi connectivity index (χ0v) is 12.7. The van der Waals surface area contributed by atoms with Crippen molar-refractivity contribution in [1.82, 2.24) is 15.0 Å². The second-order valence-corrected chi connectivity index (χ2v) is 6.37. The Kier molecular flexibility index (Phi) is 4.24. The maximum absolute atomic E-state index is 6.05. The van der Waals surface area contributed by atoms with Gasteiger partial charge in [-0.2, -0.15) is 15.0 Å². The van der Waals surface area contributed by atoms with E-state index >= 15 is 0 Å². The van der Waals surface area contributed by atoms with E-state index < -0.39 is 0 Å². The molecule has 1 saturated heterocycles. The summed E-state index contributed by atoms with van der Waals surface area (Å²) in [4.78, 5) is 15.2. The van der Waals surface area contributed by atoms with Crippen LogP contribution in [0.3, 0.4) is 0 Å². The number of rotatable bonds is 3. The van der Waals surface area contributed by atoms with Crippen molar-refractivity contribution < 1.29 is 0 Å². The van der Waals surface area contributed by atoms with Gasteiger partial charge in [-0.25, -0.2) is 0 Å². The average Bonchev–Trinajstić information content (AvgIpc) is 2.91. The van der Waals surface area contributed by atoms with Crippen LogP contribution < -0.4 is 10.2 Å². The Labute approximate surface area is 125 Å². The summed E-state index contributed by atoms with van der Waals surface area (Å²) in [6, 6.07) is 0.462. The number of hydrogen-bond donors (Lipinski definition) is 1. The molecule has 0 spiro atoms. The summed E-state index contributed by atoms with van der Waals surface area (Å²) in [5.41, 5.74) is 0. The highest BCUT2D eigenvalue weighted by Gasteiger charge is 2.21. The standard InChI is InChI=1S/C14H22ClN5/c1-10-5-4-6-11(9-10)16-13-17-12(15)18-14(19-13)20-7-2-3-8-20/h10-11H,2-9H2,1H3,(H,16,17,18,19). The molecule has 1 N–H and O–H groups in total. The zero-order valence-electron chi connectivity index (χ0n) is 12.0.